The van der Waals surface area contributed by atoms with Gasteiger partial charge in [-0.1, -0.05) is 27.7 Å². The summed E-state index contributed by atoms with van der Waals surface area (Å²) in [5.41, 5.74) is -0.484. The fourth-order valence-electron chi connectivity index (χ4n) is 2.17. The number of esters is 1. The van der Waals surface area contributed by atoms with E-state index in [0.29, 0.717) is 13.2 Å². The zero-order chi connectivity index (χ0) is 16.6. The molecule has 0 heterocycles. The molecule has 0 saturated carbocycles. The van der Waals surface area contributed by atoms with Crippen molar-refractivity contribution in [2.45, 2.75) is 54.0 Å². The van der Waals surface area contributed by atoms with Gasteiger partial charge in [0, 0.05) is 19.7 Å². The molecule has 0 radical (unpaired) electrons. The molecule has 0 aromatic carbocycles. The molecule has 0 spiro atoms. The van der Waals surface area contributed by atoms with E-state index in [9.17, 15) is 9.59 Å². The minimum Gasteiger partial charge on any atom is -0.465 e. The van der Waals surface area contributed by atoms with Crippen LogP contribution in [0.2, 0.25) is 0 Å². The molecule has 2 unspecified atom stereocenters. The van der Waals surface area contributed by atoms with Gasteiger partial charge >= 0.3 is 5.97 Å². The second-order valence-electron chi connectivity index (χ2n) is 6.33. The van der Waals surface area contributed by atoms with Crippen molar-refractivity contribution < 1.29 is 19.1 Å². The van der Waals surface area contributed by atoms with E-state index in [4.69, 9.17) is 9.47 Å². The van der Waals surface area contributed by atoms with Crippen LogP contribution in [-0.4, -0.2) is 49.7 Å². The van der Waals surface area contributed by atoms with Gasteiger partial charge < -0.3 is 14.4 Å². The first-order valence-corrected chi connectivity index (χ1v) is 7.66. The largest absolute Gasteiger partial charge is 0.465 e. The van der Waals surface area contributed by atoms with Crippen LogP contribution in [0.15, 0.2) is 0 Å². The Labute approximate surface area is 129 Å². The van der Waals surface area contributed by atoms with Crippen molar-refractivity contribution in [3.63, 3.8) is 0 Å². The van der Waals surface area contributed by atoms with Gasteiger partial charge in [-0.3, -0.25) is 9.59 Å². The lowest BCUT2D eigenvalue weighted by Gasteiger charge is -2.35. The number of ether oxygens (including phenoxy) is 2. The Morgan fingerprint density at radius 3 is 2.14 bits per heavy atom. The lowest BCUT2D eigenvalue weighted by atomic mass is 9.79. The summed E-state index contributed by atoms with van der Waals surface area (Å²) in [6.07, 6.45) is 0.829. The summed E-state index contributed by atoms with van der Waals surface area (Å²) in [5.74, 6) is -1.41. The maximum atomic E-state index is 12.9. The molecular weight excluding hydrogens is 270 g/mol. The van der Waals surface area contributed by atoms with Gasteiger partial charge in [-0.25, -0.2) is 0 Å². The first-order chi connectivity index (χ1) is 9.70. The normalized spacial score (nSPS) is 14.4. The molecule has 2 atom stereocenters. The summed E-state index contributed by atoms with van der Waals surface area (Å²) < 4.78 is 10.2. The van der Waals surface area contributed by atoms with E-state index < -0.39 is 17.3 Å². The van der Waals surface area contributed by atoms with E-state index in [2.05, 4.69) is 0 Å². The molecule has 21 heavy (non-hydrogen) atoms. The van der Waals surface area contributed by atoms with E-state index in [1.54, 1.807) is 18.9 Å². The quantitative estimate of drug-likeness (QED) is 0.510. The highest BCUT2D eigenvalue weighted by atomic mass is 16.5. The summed E-state index contributed by atoms with van der Waals surface area (Å²) in [6, 6.07) is 0.0620. The van der Waals surface area contributed by atoms with Crippen LogP contribution in [0.3, 0.4) is 0 Å². The molecule has 0 aliphatic rings. The van der Waals surface area contributed by atoms with Gasteiger partial charge in [0.2, 0.25) is 5.91 Å². The lowest BCUT2D eigenvalue weighted by Crippen LogP contribution is -2.50. The Bertz CT molecular complexity index is 336. The number of amides is 1. The van der Waals surface area contributed by atoms with Crippen LogP contribution in [0.25, 0.3) is 0 Å². The van der Waals surface area contributed by atoms with Crippen LogP contribution in [-0.2, 0) is 19.1 Å². The Morgan fingerprint density at radius 1 is 1.19 bits per heavy atom. The minimum atomic E-state index is -0.789. The van der Waals surface area contributed by atoms with Crippen LogP contribution in [0, 0.1) is 11.3 Å². The Hall–Kier alpha value is -1.10. The average molecular weight is 301 g/mol. The summed E-state index contributed by atoms with van der Waals surface area (Å²) >= 11 is 0. The number of methoxy groups -OCH3 is 1. The second kappa shape index (κ2) is 9.03. The number of nitrogens with zero attached hydrogens (tertiary/aromatic N) is 1. The molecule has 0 aliphatic carbocycles. The van der Waals surface area contributed by atoms with Crippen LogP contribution in [0.1, 0.15) is 48.0 Å². The van der Waals surface area contributed by atoms with Crippen molar-refractivity contribution in [1.82, 2.24) is 4.90 Å². The minimum absolute atomic E-state index is 0.0620. The first kappa shape index (κ1) is 19.9. The van der Waals surface area contributed by atoms with Gasteiger partial charge in [-0.2, -0.15) is 0 Å². The fourth-order valence-corrected chi connectivity index (χ4v) is 2.17. The molecule has 5 heteroatoms. The van der Waals surface area contributed by atoms with Crippen LogP contribution in [0.4, 0.5) is 0 Å². The zero-order valence-electron chi connectivity index (χ0n) is 14.6. The lowest BCUT2D eigenvalue weighted by molar-refractivity contribution is -0.161. The molecule has 124 valence electrons. The van der Waals surface area contributed by atoms with Crippen molar-refractivity contribution >= 4 is 11.9 Å². The standard InChI is InChI=1S/C16H31NO4/c1-8-12(3)17(10-11-20-7)14(18)13(16(4,5)6)15(19)21-9-2/h12-13H,8-11H2,1-7H3. The summed E-state index contributed by atoms with van der Waals surface area (Å²) in [7, 11) is 1.60. The third-order valence-electron chi connectivity index (χ3n) is 3.58. The first-order valence-electron chi connectivity index (χ1n) is 7.66. The van der Waals surface area contributed by atoms with Crippen LogP contribution < -0.4 is 0 Å². The van der Waals surface area contributed by atoms with Gasteiger partial charge in [0.05, 0.1) is 13.2 Å². The number of carbonyl (C=O) groups is 2. The Kier molecular flexibility index (Phi) is 8.55. The topological polar surface area (TPSA) is 55.8 Å². The van der Waals surface area contributed by atoms with E-state index in [0.717, 1.165) is 6.42 Å². The van der Waals surface area contributed by atoms with E-state index in [1.807, 2.05) is 34.6 Å². The van der Waals surface area contributed by atoms with Crippen LogP contribution >= 0.6 is 0 Å². The van der Waals surface area contributed by atoms with Gasteiger partial charge in [-0.05, 0) is 25.7 Å². The van der Waals surface area contributed by atoms with Crippen LogP contribution in [0.5, 0.6) is 0 Å². The number of rotatable bonds is 8. The highest BCUT2D eigenvalue weighted by molar-refractivity contribution is 5.98. The number of carbonyl (C=O) groups excluding carboxylic acids is 2. The van der Waals surface area contributed by atoms with E-state index in [1.165, 1.54) is 0 Å². The van der Waals surface area contributed by atoms with Gasteiger partial charge in [0.1, 0.15) is 5.92 Å². The Balaban J connectivity index is 5.33. The molecule has 0 fully saturated rings. The van der Waals surface area contributed by atoms with E-state index >= 15 is 0 Å². The summed E-state index contributed by atoms with van der Waals surface area (Å²) in [5, 5.41) is 0. The molecule has 0 bridgehead atoms. The van der Waals surface area contributed by atoms with E-state index in [-0.39, 0.29) is 18.6 Å². The SMILES string of the molecule is CCOC(=O)C(C(=O)N(CCOC)C(C)CC)C(C)(C)C. The Morgan fingerprint density at radius 2 is 1.76 bits per heavy atom. The van der Waals surface area contributed by atoms with Gasteiger partial charge in [-0.15, -0.1) is 0 Å². The monoisotopic (exact) mass is 301 g/mol. The smallest absolute Gasteiger partial charge is 0.319 e. The van der Waals surface area contributed by atoms with Crippen molar-refractivity contribution in [3.8, 4) is 0 Å². The molecule has 0 aromatic heterocycles. The van der Waals surface area contributed by atoms with Gasteiger partial charge in [0.15, 0.2) is 0 Å². The maximum Gasteiger partial charge on any atom is 0.319 e. The molecule has 0 N–H and O–H groups in total. The third kappa shape index (κ3) is 6.04. The third-order valence-corrected chi connectivity index (χ3v) is 3.58. The molecule has 0 aromatic rings. The molecule has 0 saturated heterocycles. The van der Waals surface area contributed by atoms with Crippen molar-refractivity contribution in [2.75, 3.05) is 26.9 Å². The van der Waals surface area contributed by atoms with Crippen molar-refractivity contribution in [3.05, 3.63) is 0 Å². The molecular formula is C16H31NO4. The predicted octanol–water partition coefficient (Wildman–Crippen LogP) is 2.49. The maximum absolute atomic E-state index is 12.9. The summed E-state index contributed by atoms with van der Waals surface area (Å²) in [6.45, 7) is 12.6. The predicted molar refractivity (Wildman–Crippen MR) is 82.9 cm³/mol. The average Bonchev–Trinajstić information content (AvgIpc) is 2.37. The number of hydrogen-bond donors (Lipinski definition) is 0. The zero-order valence-corrected chi connectivity index (χ0v) is 14.6. The highest BCUT2D eigenvalue weighted by Crippen LogP contribution is 2.30. The van der Waals surface area contributed by atoms with Crippen molar-refractivity contribution in [2.24, 2.45) is 11.3 Å². The molecule has 5 nitrogen and oxygen atoms in total. The highest BCUT2D eigenvalue weighted by Gasteiger charge is 2.41. The molecule has 0 aliphatic heterocycles. The fraction of sp³-hybridized carbons (Fsp3) is 0.875. The van der Waals surface area contributed by atoms with Crippen molar-refractivity contribution in [1.29, 1.82) is 0 Å². The molecule has 0 rings (SSSR count). The second-order valence-corrected chi connectivity index (χ2v) is 6.33. The number of hydrogen-bond acceptors (Lipinski definition) is 4. The summed E-state index contributed by atoms with van der Waals surface area (Å²) in [4.78, 5) is 26.8. The molecule has 1 amide bonds. The van der Waals surface area contributed by atoms with Gasteiger partial charge in [0.25, 0.3) is 0 Å².